The molecule has 6 nitrogen and oxygen atoms in total. The fourth-order valence-electron chi connectivity index (χ4n) is 2.55. The summed E-state index contributed by atoms with van der Waals surface area (Å²) >= 11 is 0. The van der Waals surface area contributed by atoms with Crippen molar-refractivity contribution in [2.24, 2.45) is 0 Å². The van der Waals surface area contributed by atoms with Gasteiger partial charge in [0.1, 0.15) is 6.04 Å². The number of amides is 3. The Balaban J connectivity index is 1.86. The highest BCUT2D eigenvalue weighted by Gasteiger charge is 2.15. The molecule has 132 valence electrons. The first kappa shape index (κ1) is 18.4. The average Bonchev–Trinajstić information content (AvgIpc) is 2.60. The molecule has 0 aromatic heterocycles. The van der Waals surface area contributed by atoms with Crippen LogP contribution in [0.5, 0.6) is 0 Å². The number of carbonyl (C=O) groups is 3. The van der Waals surface area contributed by atoms with Crippen LogP contribution in [0.1, 0.15) is 19.4 Å². The smallest absolute Gasteiger partial charge is 0.242 e. The Morgan fingerprint density at radius 1 is 0.960 bits per heavy atom. The molecule has 0 bridgehead atoms. The highest BCUT2D eigenvalue weighted by atomic mass is 16.2. The molecule has 6 heteroatoms. The number of carbonyl (C=O) groups excluding carboxylic acids is 3. The first-order valence-corrected chi connectivity index (χ1v) is 8.31. The van der Waals surface area contributed by atoms with E-state index in [-0.39, 0.29) is 24.8 Å². The van der Waals surface area contributed by atoms with Gasteiger partial charge in [-0.3, -0.25) is 14.4 Å². The van der Waals surface area contributed by atoms with E-state index in [1.165, 1.54) is 0 Å². The van der Waals surface area contributed by atoms with Gasteiger partial charge in [0.2, 0.25) is 17.7 Å². The molecule has 0 fully saturated rings. The van der Waals surface area contributed by atoms with E-state index in [2.05, 4.69) is 16.0 Å². The minimum Gasteiger partial charge on any atom is -0.355 e. The Bertz CT molecular complexity index is 768. The number of fused-ring (bicyclic) bond motifs is 1. The van der Waals surface area contributed by atoms with Crippen LogP contribution in [0.3, 0.4) is 0 Å². The fourth-order valence-corrected chi connectivity index (χ4v) is 2.55. The Morgan fingerprint density at radius 2 is 1.68 bits per heavy atom. The van der Waals surface area contributed by atoms with Gasteiger partial charge in [-0.2, -0.15) is 0 Å². The van der Waals surface area contributed by atoms with Gasteiger partial charge in [0, 0.05) is 6.54 Å². The topological polar surface area (TPSA) is 87.3 Å². The van der Waals surface area contributed by atoms with E-state index in [0.717, 1.165) is 16.3 Å². The SMILES string of the molecule is CCNC(=O)[C@H](C)NC(=O)CNC(=O)Cc1cccc2ccccc12. The summed E-state index contributed by atoms with van der Waals surface area (Å²) in [6, 6.07) is 13.0. The molecule has 2 aromatic carbocycles. The van der Waals surface area contributed by atoms with Gasteiger partial charge in [-0.25, -0.2) is 0 Å². The average molecular weight is 341 g/mol. The Morgan fingerprint density at radius 3 is 2.44 bits per heavy atom. The van der Waals surface area contributed by atoms with Crippen molar-refractivity contribution >= 4 is 28.5 Å². The third kappa shape index (κ3) is 5.31. The van der Waals surface area contributed by atoms with E-state index < -0.39 is 11.9 Å². The number of benzene rings is 2. The molecule has 0 aliphatic heterocycles. The number of hydrogen-bond donors (Lipinski definition) is 3. The standard InChI is InChI=1S/C19H23N3O3/c1-3-20-19(25)13(2)22-18(24)12-21-17(23)11-15-9-6-8-14-7-4-5-10-16(14)15/h4-10,13H,3,11-12H2,1-2H3,(H,20,25)(H,21,23)(H,22,24)/t13-/m0/s1. The van der Waals surface area contributed by atoms with Crippen molar-refractivity contribution in [1.29, 1.82) is 0 Å². The number of hydrogen-bond acceptors (Lipinski definition) is 3. The minimum atomic E-state index is -0.637. The van der Waals surface area contributed by atoms with Gasteiger partial charge in [-0.15, -0.1) is 0 Å². The van der Waals surface area contributed by atoms with Crippen molar-refractivity contribution in [2.45, 2.75) is 26.3 Å². The largest absolute Gasteiger partial charge is 0.355 e. The van der Waals surface area contributed by atoms with Crippen LogP contribution in [0.4, 0.5) is 0 Å². The van der Waals surface area contributed by atoms with Crippen LogP contribution >= 0.6 is 0 Å². The van der Waals surface area contributed by atoms with Gasteiger partial charge in [-0.1, -0.05) is 42.5 Å². The normalized spacial score (nSPS) is 11.6. The van der Waals surface area contributed by atoms with Gasteiger partial charge in [0.05, 0.1) is 13.0 Å². The Hall–Kier alpha value is -2.89. The summed E-state index contributed by atoms with van der Waals surface area (Å²) in [5.74, 6) is -0.889. The van der Waals surface area contributed by atoms with E-state index in [4.69, 9.17) is 0 Å². The molecule has 3 amide bonds. The lowest BCUT2D eigenvalue weighted by Crippen LogP contribution is -2.48. The molecular formula is C19H23N3O3. The van der Waals surface area contributed by atoms with Crippen molar-refractivity contribution < 1.29 is 14.4 Å². The van der Waals surface area contributed by atoms with E-state index in [1.807, 2.05) is 42.5 Å². The molecule has 0 aliphatic carbocycles. The summed E-state index contributed by atoms with van der Waals surface area (Å²) in [4.78, 5) is 35.5. The first-order valence-electron chi connectivity index (χ1n) is 8.31. The molecule has 0 unspecified atom stereocenters. The van der Waals surface area contributed by atoms with Crippen LogP contribution in [-0.2, 0) is 20.8 Å². The Kier molecular flexibility index (Phi) is 6.51. The lowest BCUT2D eigenvalue weighted by Gasteiger charge is -2.13. The first-order chi connectivity index (χ1) is 12.0. The van der Waals surface area contributed by atoms with E-state index in [1.54, 1.807) is 13.8 Å². The highest BCUT2D eigenvalue weighted by molar-refractivity contribution is 5.92. The maximum absolute atomic E-state index is 12.1. The van der Waals surface area contributed by atoms with Crippen LogP contribution in [0.25, 0.3) is 10.8 Å². The predicted octanol–water partition coefficient (Wildman–Crippen LogP) is 1.14. The third-order valence-electron chi connectivity index (χ3n) is 3.80. The summed E-state index contributed by atoms with van der Waals surface area (Å²) < 4.78 is 0. The van der Waals surface area contributed by atoms with E-state index in [0.29, 0.717) is 6.54 Å². The summed E-state index contributed by atoms with van der Waals surface area (Å²) in [6.45, 7) is 3.74. The molecule has 0 spiro atoms. The minimum absolute atomic E-state index is 0.159. The number of nitrogens with one attached hydrogen (secondary N) is 3. The fraction of sp³-hybridized carbons (Fsp3) is 0.316. The second kappa shape index (κ2) is 8.82. The van der Waals surface area contributed by atoms with Gasteiger partial charge < -0.3 is 16.0 Å². The molecule has 3 N–H and O–H groups in total. The van der Waals surface area contributed by atoms with Crippen molar-refractivity contribution in [3.05, 3.63) is 48.0 Å². The maximum atomic E-state index is 12.1. The van der Waals surface area contributed by atoms with Gasteiger partial charge in [0.25, 0.3) is 0 Å². The molecule has 0 aliphatic rings. The number of likely N-dealkylation sites (N-methyl/N-ethyl adjacent to an activating group) is 1. The summed E-state index contributed by atoms with van der Waals surface area (Å²) in [5.41, 5.74) is 0.909. The Labute approximate surface area is 147 Å². The molecule has 0 heterocycles. The molecule has 0 saturated heterocycles. The highest BCUT2D eigenvalue weighted by Crippen LogP contribution is 2.18. The van der Waals surface area contributed by atoms with Crippen LogP contribution in [-0.4, -0.2) is 36.9 Å². The van der Waals surface area contributed by atoms with Crippen LogP contribution in [0, 0.1) is 0 Å². The lowest BCUT2D eigenvalue weighted by atomic mass is 10.0. The molecule has 2 rings (SSSR count). The van der Waals surface area contributed by atoms with E-state index in [9.17, 15) is 14.4 Å². The van der Waals surface area contributed by atoms with E-state index >= 15 is 0 Å². The molecule has 25 heavy (non-hydrogen) atoms. The molecule has 1 atom stereocenters. The van der Waals surface area contributed by atoms with Gasteiger partial charge in [0.15, 0.2) is 0 Å². The van der Waals surface area contributed by atoms with Crippen molar-refractivity contribution in [1.82, 2.24) is 16.0 Å². The molecule has 2 aromatic rings. The quantitative estimate of drug-likeness (QED) is 0.706. The van der Waals surface area contributed by atoms with Crippen molar-refractivity contribution in [3.63, 3.8) is 0 Å². The third-order valence-corrected chi connectivity index (χ3v) is 3.80. The van der Waals surface area contributed by atoms with Gasteiger partial charge in [-0.05, 0) is 30.2 Å². The maximum Gasteiger partial charge on any atom is 0.242 e. The monoisotopic (exact) mass is 341 g/mol. The zero-order chi connectivity index (χ0) is 18.2. The zero-order valence-electron chi connectivity index (χ0n) is 14.5. The van der Waals surface area contributed by atoms with Gasteiger partial charge >= 0.3 is 0 Å². The second-order valence-corrected chi connectivity index (χ2v) is 5.78. The predicted molar refractivity (Wildman–Crippen MR) is 97.0 cm³/mol. The summed E-state index contributed by atoms with van der Waals surface area (Å²) in [6.07, 6.45) is 0.195. The van der Waals surface area contributed by atoms with Crippen LogP contribution in [0.2, 0.25) is 0 Å². The lowest BCUT2D eigenvalue weighted by molar-refractivity contribution is -0.129. The van der Waals surface area contributed by atoms with Crippen LogP contribution < -0.4 is 16.0 Å². The number of rotatable bonds is 7. The zero-order valence-corrected chi connectivity index (χ0v) is 14.5. The molecular weight excluding hydrogens is 318 g/mol. The molecule has 0 radical (unpaired) electrons. The summed E-state index contributed by atoms with van der Waals surface area (Å²) in [7, 11) is 0. The molecule has 0 saturated carbocycles. The van der Waals surface area contributed by atoms with Crippen molar-refractivity contribution in [2.75, 3.05) is 13.1 Å². The van der Waals surface area contributed by atoms with Crippen LogP contribution in [0.15, 0.2) is 42.5 Å². The van der Waals surface area contributed by atoms with Crippen molar-refractivity contribution in [3.8, 4) is 0 Å². The summed E-state index contributed by atoms with van der Waals surface area (Å²) in [5, 5.41) is 9.85. The second-order valence-electron chi connectivity index (χ2n) is 5.78.